The average Bonchev–Trinajstić information content (AvgIpc) is 2.08. The molecule has 1 heterocycles. The highest BCUT2D eigenvalue weighted by atomic mass is 16.6. The van der Waals surface area contributed by atoms with Crippen molar-refractivity contribution in [3.63, 3.8) is 0 Å². The van der Waals surface area contributed by atoms with Gasteiger partial charge in [-0.05, 0) is 0 Å². The molecule has 1 aliphatic heterocycles. The predicted molar refractivity (Wildman–Crippen MR) is 43.8 cm³/mol. The minimum absolute atomic E-state index is 0.174. The summed E-state index contributed by atoms with van der Waals surface area (Å²) in [6.45, 7) is 3.15. The summed E-state index contributed by atoms with van der Waals surface area (Å²) in [4.78, 5) is 0. The van der Waals surface area contributed by atoms with Gasteiger partial charge < -0.3 is 25.2 Å². The van der Waals surface area contributed by atoms with Crippen LogP contribution >= 0.6 is 0 Å². The fourth-order valence-electron chi connectivity index (χ4n) is 1.37. The first-order chi connectivity index (χ1) is 5.89. The van der Waals surface area contributed by atoms with Crippen LogP contribution in [0.25, 0.3) is 0 Å². The van der Waals surface area contributed by atoms with Gasteiger partial charge in [0.2, 0.25) is 0 Å². The Balaban J connectivity index is 2.79. The molecule has 5 nitrogen and oxygen atoms in total. The Morgan fingerprint density at radius 1 is 1.31 bits per heavy atom. The van der Waals surface area contributed by atoms with Gasteiger partial charge in [0.1, 0.15) is 18.3 Å². The monoisotopic (exact) mass is 192 g/mol. The number of ether oxygens (including phenoxy) is 1. The standard InChI is InChI=1S/C8H16O5/c1-4(2)8(12)7(11)6(10)5(9)3-13-8/h4-7,9-12H,3H2,1-2H3/t5-,6-,7+,8+/m1/s1. The number of rotatable bonds is 1. The lowest BCUT2D eigenvalue weighted by atomic mass is 9.89. The van der Waals surface area contributed by atoms with Crippen LogP contribution in [0.4, 0.5) is 0 Å². The average molecular weight is 192 g/mol. The van der Waals surface area contributed by atoms with Gasteiger partial charge in [-0.25, -0.2) is 0 Å². The second kappa shape index (κ2) is 3.51. The Morgan fingerprint density at radius 3 is 2.31 bits per heavy atom. The largest absolute Gasteiger partial charge is 0.388 e. The van der Waals surface area contributed by atoms with Crippen LogP contribution in [0, 0.1) is 5.92 Å². The van der Waals surface area contributed by atoms with Crippen LogP contribution in [0.15, 0.2) is 0 Å². The van der Waals surface area contributed by atoms with Gasteiger partial charge >= 0.3 is 0 Å². The highest BCUT2D eigenvalue weighted by Crippen LogP contribution is 2.30. The Kier molecular flexibility index (Phi) is 2.94. The smallest absolute Gasteiger partial charge is 0.197 e. The van der Waals surface area contributed by atoms with Gasteiger partial charge in [-0.15, -0.1) is 0 Å². The summed E-state index contributed by atoms with van der Waals surface area (Å²) >= 11 is 0. The van der Waals surface area contributed by atoms with Crippen molar-refractivity contribution in [2.24, 2.45) is 5.92 Å². The van der Waals surface area contributed by atoms with Crippen molar-refractivity contribution < 1.29 is 25.2 Å². The molecular weight excluding hydrogens is 176 g/mol. The maximum absolute atomic E-state index is 9.76. The van der Waals surface area contributed by atoms with Crippen LogP contribution in [0.2, 0.25) is 0 Å². The summed E-state index contributed by atoms with van der Waals surface area (Å²) in [6.07, 6.45) is -3.98. The Bertz CT molecular complexity index is 183. The molecule has 0 aromatic heterocycles. The molecule has 0 aromatic rings. The molecule has 0 aromatic carbocycles. The van der Waals surface area contributed by atoms with Crippen molar-refractivity contribution in [3.05, 3.63) is 0 Å². The molecule has 1 rings (SSSR count). The minimum atomic E-state index is -1.77. The van der Waals surface area contributed by atoms with Gasteiger partial charge in [-0.3, -0.25) is 0 Å². The molecule has 1 saturated heterocycles. The molecule has 5 heteroatoms. The normalized spacial score (nSPS) is 46.8. The van der Waals surface area contributed by atoms with E-state index in [0.29, 0.717) is 0 Å². The molecule has 4 atom stereocenters. The zero-order chi connectivity index (χ0) is 10.2. The summed E-state index contributed by atoms with van der Waals surface area (Å²) in [7, 11) is 0. The number of hydrogen-bond acceptors (Lipinski definition) is 5. The number of aliphatic hydroxyl groups is 4. The Hall–Kier alpha value is -0.200. The molecule has 4 N–H and O–H groups in total. The van der Waals surface area contributed by atoms with Crippen LogP contribution in [0.3, 0.4) is 0 Å². The molecular formula is C8H16O5. The van der Waals surface area contributed by atoms with Crippen molar-refractivity contribution in [1.82, 2.24) is 0 Å². The van der Waals surface area contributed by atoms with Gasteiger partial charge in [0.05, 0.1) is 6.61 Å². The third-order valence-electron chi connectivity index (χ3n) is 2.45. The van der Waals surface area contributed by atoms with Crippen molar-refractivity contribution >= 4 is 0 Å². The Labute approximate surface area is 76.6 Å². The molecule has 0 unspecified atom stereocenters. The van der Waals surface area contributed by atoms with Crippen LogP contribution in [0.1, 0.15) is 13.8 Å². The zero-order valence-electron chi connectivity index (χ0n) is 7.71. The van der Waals surface area contributed by atoms with E-state index >= 15 is 0 Å². The van der Waals surface area contributed by atoms with E-state index in [1.807, 2.05) is 0 Å². The first-order valence-corrected chi connectivity index (χ1v) is 4.30. The van der Waals surface area contributed by atoms with Crippen molar-refractivity contribution in [3.8, 4) is 0 Å². The lowest BCUT2D eigenvalue weighted by Crippen LogP contribution is -2.63. The van der Waals surface area contributed by atoms with Crippen molar-refractivity contribution in [2.75, 3.05) is 6.61 Å². The van der Waals surface area contributed by atoms with Gasteiger partial charge in [0.15, 0.2) is 5.79 Å². The molecule has 0 radical (unpaired) electrons. The molecule has 0 saturated carbocycles. The van der Waals surface area contributed by atoms with Crippen LogP contribution in [-0.2, 0) is 4.74 Å². The third kappa shape index (κ3) is 1.70. The maximum atomic E-state index is 9.76. The van der Waals surface area contributed by atoms with Gasteiger partial charge in [-0.1, -0.05) is 13.8 Å². The van der Waals surface area contributed by atoms with Crippen molar-refractivity contribution in [1.29, 1.82) is 0 Å². The van der Waals surface area contributed by atoms with E-state index in [4.69, 9.17) is 9.84 Å². The summed E-state index contributed by atoms with van der Waals surface area (Å²) in [6, 6.07) is 0. The SMILES string of the molecule is CC(C)[C@]1(O)OC[C@@H](O)[C@@H](O)[C@@H]1O. The van der Waals surface area contributed by atoms with E-state index in [0.717, 1.165) is 0 Å². The lowest BCUT2D eigenvalue weighted by molar-refractivity contribution is -0.338. The molecule has 1 fully saturated rings. The highest BCUT2D eigenvalue weighted by Gasteiger charge is 2.50. The quantitative estimate of drug-likeness (QED) is 0.403. The van der Waals surface area contributed by atoms with Crippen molar-refractivity contribution in [2.45, 2.75) is 37.9 Å². The van der Waals surface area contributed by atoms with Crippen LogP contribution in [-0.4, -0.2) is 51.1 Å². The number of hydrogen-bond donors (Lipinski definition) is 4. The molecule has 0 aliphatic carbocycles. The first-order valence-electron chi connectivity index (χ1n) is 4.30. The van der Waals surface area contributed by atoms with E-state index in [2.05, 4.69) is 0 Å². The Morgan fingerprint density at radius 2 is 1.85 bits per heavy atom. The highest BCUT2D eigenvalue weighted by molar-refractivity contribution is 4.92. The van der Waals surface area contributed by atoms with E-state index in [9.17, 15) is 15.3 Å². The molecule has 0 amide bonds. The molecule has 0 spiro atoms. The molecule has 13 heavy (non-hydrogen) atoms. The maximum Gasteiger partial charge on any atom is 0.197 e. The summed E-state index contributed by atoms with van der Waals surface area (Å²) in [5.41, 5.74) is 0. The lowest BCUT2D eigenvalue weighted by Gasteiger charge is -2.43. The predicted octanol–water partition coefficient (Wildman–Crippen LogP) is -1.56. The first kappa shape index (κ1) is 10.9. The van der Waals surface area contributed by atoms with Crippen LogP contribution < -0.4 is 0 Å². The fourth-order valence-corrected chi connectivity index (χ4v) is 1.37. The van der Waals surface area contributed by atoms with E-state index in [1.54, 1.807) is 13.8 Å². The minimum Gasteiger partial charge on any atom is -0.388 e. The zero-order valence-corrected chi connectivity index (χ0v) is 7.71. The third-order valence-corrected chi connectivity index (χ3v) is 2.45. The molecule has 1 aliphatic rings. The van der Waals surface area contributed by atoms with E-state index in [1.165, 1.54) is 0 Å². The van der Waals surface area contributed by atoms with E-state index < -0.39 is 24.1 Å². The van der Waals surface area contributed by atoms with E-state index in [-0.39, 0.29) is 12.5 Å². The van der Waals surface area contributed by atoms with Gasteiger partial charge in [-0.2, -0.15) is 0 Å². The summed E-state index contributed by atoms with van der Waals surface area (Å²) in [5.74, 6) is -2.12. The van der Waals surface area contributed by atoms with Crippen LogP contribution in [0.5, 0.6) is 0 Å². The topological polar surface area (TPSA) is 90.2 Å². The molecule has 0 bridgehead atoms. The molecule has 78 valence electrons. The number of aliphatic hydroxyl groups excluding tert-OH is 3. The van der Waals surface area contributed by atoms with Gasteiger partial charge in [0, 0.05) is 5.92 Å². The fraction of sp³-hybridized carbons (Fsp3) is 1.00. The summed E-state index contributed by atoms with van der Waals surface area (Å²) in [5, 5.41) is 37.6. The second-order valence-electron chi connectivity index (χ2n) is 3.72. The van der Waals surface area contributed by atoms with Gasteiger partial charge in [0.25, 0.3) is 0 Å². The summed E-state index contributed by atoms with van der Waals surface area (Å²) < 4.78 is 4.92. The second-order valence-corrected chi connectivity index (χ2v) is 3.72.